The van der Waals surface area contributed by atoms with Gasteiger partial charge in [0.25, 0.3) is 0 Å². The summed E-state index contributed by atoms with van der Waals surface area (Å²) in [4.78, 5) is 12.1. The molecule has 5 N–H and O–H groups in total. The zero-order chi connectivity index (χ0) is 14.0. The van der Waals surface area contributed by atoms with Crippen LogP contribution in [0.5, 0.6) is 0 Å². The molecule has 19 heavy (non-hydrogen) atoms. The van der Waals surface area contributed by atoms with Crippen molar-refractivity contribution < 1.29 is 9.53 Å². The van der Waals surface area contributed by atoms with Gasteiger partial charge in [-0.3, -0.25) is 4.79 Å². The van der Waals surface area contributed by atoms with Gasteiger partial charge in [0, 0.05) is 0 Å². The second kappa shape index (κ2) is 11.2. The van der Waals surface area contributed by atoms with Gasteiger partial charge in [-0.1, -0.05) is 32.6 Å². The van der Waals surface area contributed by atoms with Crippen molar-refractivity contribution in [1.29, 1.82) is 0 Å². The summed E-state index contributed by atoms with van der Waals surface area (Å²) in [6, 6.07) is 0. The zero-order valence-electron chi connectivity index (χ0n) is 13.3. The van der Waals surface area contributed by atoms with Crippen LogP contribution in [0.4, 0.5) is 0 Å². The van der Waals surface area contributed by atoms with E-state index < -0.39 is 0 Å². The molecule has 1 unspecified atom stereocenters. The molecule has 4 heteroatoms. The van der Waals surface area contributed by atoms with E-state index in [4.69, 9.17) is 10.5 Å². The Morgan fingerprint density at radius 2 is 1.63 bits per heavy atom. The lowest BCUT2D eigenvalue weighted by molar-refractivity contribution is -0.160. The van der Waals surface area contributed by atoms with Crippen molar-refractivity contribution in [3.8, 4) is 0 Å². The number of esters is 1. The maximum Gasteiger partial charge on any atom is 0.309 e. The summed E-state index contributed by atoms with van der Waals surface area (Å²) < 4.78 is 5.49. The molecule has 0 aliphatic heterocycles. The molecule has 0 aliphatic rings. The van der Waals surface area contributed by atoms with E-state index in [9.17, 15) is 4.79 Å². The van der Waals surface area contributed by atoms with E-state index in [1.165, 1.54) is 12.8 Å². The Labute approximate surface area is 119 Å². The average Bonchev–Trinajstić information content (AvgIpc) is 2.25. The van der Waals surface area contributed by atoms with Crippen molar-refractivity contribution in [2.24, 2.45) is 11.7 Å². The quantitative estimate of drug-likeness (QED) is 0.494. The first kappa shape index (κ1) is 20.7. The third kappa shape index (κ3) is 12.2. The van der Waals surface area contributed by atoms with Gasteiger partial charge in [0.1, 0.15) is 5.60 Å². The Morgan fingerprint density at radius 1 is 1.11 bits per heavy atom. The molecule has 0 aliphatic carbocycles. The van der Waals surface area contributed by atoms with Gasteiger partial charge in [-0.2, -0.15) is 0 Å². The molecule has 1 atom stereocenters. The third-order valence-corrected chi connectivity index (χ3v) is 2.90. The fourth-order valence-electron chi connectivity index (χ4n) is 1.94. The van der Waals surface area contributed by atoms with Crippen molar-refractivity contribution in [2.45, 2.75) is 78.2 Å². The van der Waals surface area contributed by atoms with Crippen molar-refractivity contribution >= 4 is 5.97 Å². The number of hydrogen-bond acceptors (Lipinski definition) is 4. The number of ether oxygens (including phenoxy) is 1. The van der Waals surface area contributed by atoms with E-state index in [2.05, 4.69) is 6.92 Å². The van der Waals surface area contributed by atoms with Gasteiger partial charge in [0.2, 0.25) is 0 Å². The Balaban J connectivity index is 0. The molecule has 0 fully saturated rings. The molecule has 0 bridgehead atoms. The smallest absolute Gasteiger partial charge is 0.309 e. The third-order valence-electron chi connectivity index (χ3n) is 2.90. The summed E-state index contributed by atoms with van der Waals surface area (Å²) in [5, 5.41) is 0. The molecule has 0 aromatic rings. The Morgan fingerprint density at radius 3 is 2.05 bits per heavy atom. The van der Waals surface area contributed by atoms with Crippen LogP contribution >= 0.6 is 0 Å². The summed E-state index contributed by atoms with van der Waals surface area (Å²) in [6.07, 6.45) is 7.37. The van der Waals surface area contributed by atoms with E-state index >= 15 is 0 Å². The molecule has 0 rings (SSSR count). The molecule has 0 radical (unpaired) electrons. The van der Waals surface area contributed by atoms with E-state index in [-0.39, 0.29) is 23.6 Å². The molecule has 0 saturated carbocycles. The van der Waals surface area contributed by atoms with E-state index in [0.717, 1.165) is 32.1 Å². The highest BCUT2D eigenvalue weighted by Crippen LogP contribution is 2.21. The maximum atomic E-state index is 12.1. The predicted octanol–water partition coefficient (Wildman–Crippen LogP) is 3.82. The lowest BCUT2D eigenvalue weighted by atomic mass is 9.95. The van der Waals surface area contributed by atoms with Gasteiger partial charge in [-0.15, -0.1) is 0 Å². The summed E-state index contributed by atoms with van der Waals surface area (Å²) >= 11 is 0. The summed E-state index contributed by atoms with van der Waals surface area (Å²) in [7, 11) is 0. The second-order valence-corrected chi connectivity index (χ2v) is 6.01. The fourth-order valence-corrected chi connectivity index (χ4v) is 1.94. The highest BCUT2D eigenvalue weighted by Gasteiger charge is 2.24. The molecule has 0 heterocycles. The first-order valence-corrected chi connectivity index (χ1v) is 7.33. The molecule has 116 valence electrons. The minimum absolute atomic E-state index is 0. The van der Waals surface area contributed by atoms with Gasteiger partial charge >= 0.3 is 5.97 Å². The number of unbranched alkanes of at least 4 members (excludes halogenated alkanes) is 3. The number of carbonyl (C=O) groups is 1. The van der Waals surface area contributed by atoms with Gasteiger partial charge in [-0.05, 0) is 46.6 Å². The SMILES string of the molecule is CCCCCC(CCCCN)C(=O)OC(C)(C)C.N. The summed E-state index contributed by atoms with van der Waals surface area (Å²) in [5.41, 5.74) is 5.12. The van der Waals surface area contributed by atoms with E-state index in [0.29, 0.717) is 6.54 Å². The maximum absolute atomic E-state index is 12.1. The molecule has 0 saturated heterocycles. The largest absolute Gasteiger partial charge is 0.460 e. The number of rotatable bonds is 9. The number of hydrogen-bond donors (Lipinski definition) is 2. The van der Waals surface area contributed by atoms with Crippen LogP contribution in [0.15, 0.2) is 0 Å². The lowest BCUT2D eigenvalue weighted by Crippen LogP contribution is -2.29. The number of nitrogens with two attached hydrogens (primary N) is 1. The standard InChI is InChI=1S/C15H31NO2.H3N/c1-5-6-7-10-13(11-8-9-12-16)14(17)18-15(2,3)4;/h13H,5-12,16H2,1-4H3;1H3. The van der Waals surface area contributed by atoms with Gasteiger partial charge < -0.3 is 16.6 Å². The van der Waals surface area contributed by atoms with Gasteiger partial charge in [-0.25, -0.2) is 0 Å². The van der Waals surface area contributed by atoms with Crippen LogP contribution in [0, 0.1) is 5.92 Å². The van der Waals surface area contributed by atoms with Crippen molar-refractivity contribution in [1.82, 2.24) is 6.15 Å². The van der Waals surface area contributed by atoms with E-state index in [1.54, 1.807) is 0 Å². The van der Waals surface area contributed by atoms with Crippen molar-refractivity contribution in [3.05, 3.63) is 0 Å². The monoisotopic (exact) mass is 274 g/mol. The Bertz CT molecular complexity index is 215. The van der Waals surface area contributed by atoms with Crippen LogP contribution in [0.3, 0.4) is 0 Å². The summed E-state index contributed by atoms with van der Waals surface area (Å²) in [5.74, 6) is 0.0259. The Kier molecular flexibility index (Phi) is 12.2. The van der Waals surface area contributed by atoms with Crippen LogP contribution in [-0.2, 0) is 9.53 Å². The fraction of sp³-hybridized carbons (Fsp3) is 0.933. The summed E-state index contributed by atoms with van der Waals surface area (Å²) in [6.45, 7) is 8.66. The highest BCUT2D eigenvalue weighted by atomic mass is 16.6. The van der Waals surface area contributed by atoms with Crippen LogP contribution in [0.1, 0.15) is 72.6 Å². The van der Waals surface area contributed by atoms with Gasteiger partial charge in [0.15, 0.2) is 0 Å². The first-order chi connectivity index (χ1) is 8.40. The lowest BCUT2D eigenvalue weighted by Gasteiger charge is -2.24. The first-order valence-electron chi connectivity index (χ1n) is 7.33. The topological polar surface area (TPSA) is 87.3 Å². The molecule has 0 aromatic carbocycles. The van der Waals surface area contributed by atoms with Crippen LogP contribution in [-0.4, -0.2) is 18.1 Å². The average molecular weight is 274 g/mol. The molecule has 4 nitrogen and oxygen atoms in total. The van der Waals surface area contributed by atoms with Crippen molar-refractivity contribution in [3.63, 3.8) is 0 Å². The molecular formula is C15H34N2O2. The molecule has 0 amide bonds. The number of carbonyl (C=O) groups excluding carboxylic acids is 1. The second-order valence-electron chi connectivity index (χ2n) is 6.01. The molecule has 0 aromatic heterocycles. The Hall–Kier alpha value is -0.610. The normalized spacial score (nSPS) is 12.7. The minimum atomic E-state index is -0.381. The van der Waals surface area contributed by atoms with Gasteiger partial charge in [0.05, 0.1) is 5.92 Å². The minimum Gasteiger partial charge on any atom is -0.460 e. The molecular weight excluding hydrogens is 240 g/mol. The van der Waals surface area contributed by atoms with Crippen molar-refractivity contribution in [2.75, 3.05) is 6.54 Å². The predicted molar refractivity (Wildman–Crippen MR) is 81.4 cm³/mol. The zero-order valence-corrected chi connectivity index (χ0v) is 13.3. The van der Waals surface area contributed by atoms with Crippen LogP contribution < -0.4 is 11.9 Å². The van der Waals surface area contributed by atoms with E-state index in [1.807, 2.05) is 20.8 Å². The van der Waals surface area contributed by atoms with Crippen LogP contribution in [0.2, 0.25) is 0 Å². The highest BCUT2D eigenvalue weighted by molar-refractivity contribution is 5.72. The molecule has 0 spiro atoms. The van der Waals surface area contributed by atoms with Crippen LogP contribution in [0.25, 0.3) is 0 Å².